The predicted octanol–water partition coefficient (Wildman–Crippen LogP) is 1.67. The standard InChI is InChI=1S/C17H26BNO4/c1-12-8-7-9-13(15(20)19-10-11-21-6)14(12)18-22-16(2,3)17(4,5)23-18/h7-9H,10-11H2,1-6H3,(H,19,20). The Hall–Kier alpha value is -1.37. The van der Waals surface area contributed by atoms with E-state index >= 15 is 0 Å². The van der Waals surface area contributed by atoms with E-state index in [1.807, 2.05) is 46.8 Å². The molecule has 1 aliphatic heterocycles. The van der Waals surface area contributed by atoms with Crippen molar-refractivity contribution in [3.05, 3.63) is 29.3 Å². The van der Waals surface area contributed by atoms with E-state index in [0.29, 0.717) is 18.7 Å². The van der Waals surface area contributed by atoms with E-state index in [-0.39, 0.29) is 5.91 Å². The summed E-state index contributed by atoms with van der Waals surface area (Å²) in [5.41, 5.74) is 1.47. The van der Waals surface area contributed by atoms with Crippen molar-refractivity contribution in [2.45, 2.75) is 45.8 Å². The minimum absolute atomic E-state index is 0.143. The highest BCUT2D eigenvalue weighted by Gasteiger charge is 2.52. The first-order valence-electron chi connectivity index (χ1n) is 7.92. The molecule has 0 aliphatic carbocycles. The van der Waals surface area contributed by atoms with Crippen LogP contribution in [0.4, 0.5) is 0 Å². The van der Waals surface area contributed by atoms with Gasteiger partial charge in [0, 0.05) is 19.2 Å². The normalized spacial score (nSPS) is 19.0. The van der Waals surface area contributed by atoms with E-state index < -0.39 is 18.3 Å². The number of methoxy groups -OCH3 is 1. The Labute approximate surface area is 138 Å². The lowest BCUT2D eigenvalue weighted by molar-refractivity contribution is 0.00578. The van der Waals surface area contributed by atoms with Crippen LogP contribution in [0.5, 0.6) is 0 Å². The fourth-order valence-corrected chi connectivity index (χ4v) is 2.51. The highest BCUT2D eigenvalue weighted by molar-refractivity contribution is 6.64. The Balaban J connectivity index is 2.31. The van der Waals surface area contributed by atoms with Gasteiger partial charge in [0.25, 0.3) is 5.91 Å². The molecule has 1 aliphatic rings. The van der Waals surface area contributed by atoms with Crippen molar-refractivity contribution in [3.8, 4) is 0 Å². The maximum atomic E-state index is 12.5. The summed E-state index contributed by atoms with van der Waals surface area (Å²) in [4.78, 5) is 12.5. The van der Waals surface area contributed by atoms with Gasteiger partial charge in [-0.3, -0.25) is 4.79 Å². The lowest BCUT2D eigenvalue weighted by Crippen LogP contribution is -2.42. The number of aryl methyl sites for hydroxylation is 1. The lowest BCUT2D eigenvalue weighted by Gasteiger charge is -2.32. The fraction of sp³-hybridized carbons (Fsp3) is 0.588. The fourth-order valence-electron chi connectivity index (χ4n) is 2.51. The lowest BCUT2D eigenvalue weighted by atomic mass is 9.73. The molecule has 5 nitrogen and oxygen atoms in total. The smallest absolute Gasteiger partial charge is 0.399 e. The van der Waals surface area contributed by atoms with Crippen LogP contribution in [0, 0.1) is 6.92 Å². The van der Waals surface area contributed by atoms with Gasteiger partial charge in [0.15, 0.2) is 0 Å². The number of amides is 1. The topological polar surface area (TPSA) is 56.8 Å². The summed E-state index contributed by atoms with van der Waals surface area (Å²) in [7, 11) is 1.05. The number of benzene rings is 1. The minimum atomic E-state index is -0.552. The van der Waals surface area contributed by atoms with Gasteiger partial charge in [-0.15, -0.1) is 0 Å². The largest absolute Gasteiger partial charge is 0.495 e. The van der Waals surface area contributed by atoms with Crippen molar-refractivity contribution >= 4 is 18.5 Å². The molecule has 1 amide bonds. The predicted molar refractivity (Wildman–Crippen MR) is 91.1 cm³/mol. The average Bonchev–Trinajstić information content (AvgIpc) is 2.66. The molecule has 126 valence electrons. The Bertz CT molecular complexity index is 570. The van der Waals surface area contributed by atoms with Crippen LogP contribution < -0.4 is 10.8 Å². The summed E-state index contributed by atoms with van der Waals surface area (Å²) in [5, 5.41) is 2.86. The average molecular weight is 319 g/mol. The van der Waals surface area contributed by atoms with Crippen LogP contribution in [0.15, 0.2) is 18.2 Å². The summed E-state index contributed by atoms with van der Waals surface area (Å²) in [5.74, 6) is -0.143. The molecule has 0 bridgehead atoms. The molecule has 0 saturated carbocycles. The first kappa shape index (κ1) is 18.0. The number of carbonyl (C=O) groups is 1. The van der Waals surface area contributed by atoms with Crippen LogP contribution in [-0.4, -0.2) is 44.5 Å². The second-order valence-electron chi connectivity index (χ2n) is 6.87. The molecule has 1 saturated heterocycles. The first-order valence-corrected chi connectivity index (χ1v) is 7.92. The van der Waals surface area contributed by atoms with Crippen molar-refractivity contribution in [3.63, 3.8) is 0 Å². The molecule has 0 unspecified atom stereocenters. The maximum Gasteiger partial charge on any atom is 0.495 e. The van der Waals surface area contributed by atoms with E-state index in [4.69, 9.17) is 14.0 Å². The highest BCUT2D eigenvalue weighted by atomic mass is 16.7. The Morgan fingerprint density at radius 1 is 1.22 bits per heavy atom. The van der Waals surface area contributed by atoms with E-state index in [2.05, 4.69) is 5.32 Å². The van der Waals surface area contributed by atoms with Crippen LogP contribution in [0.2, 0.25) is 0 Å². The molecule has 6 heteroatoms. The molecule has 0 radical (unpaired) electrons. The van der Waals surface area contributed by atoms with Gasteiger partial charge in [0.1, 0.15) is 0 Å². The monoisotopic (exact) mass is 319 g/mol. The Kier molecular flexibility index (Phi) is 5.18. The number of rotatable bonds is 5. The molecule has 1 N–H and O–H groups in total. The van der Waals surface area contributed by atoms with Gasteiger partial charge in [-0.1, -0.05) is 17.7 Å². The molecular formula is C17H26BNO4. The van der Waals surface area contributed by atoms with Gasteiger partial charge in [-0.25, -0.2) is 0 Å². The van der Waals surface area contributed by atoms with Crippen molar-refractivity contribution in [1.82, 2.24) is 5.32 Å². The number of hydrogen-bond donors (Lipinski definition) is 1. The molecule has 0 spiro atoms. The molecule has 23 heavy (non-hydrogen) atoms. The van der Waals surface area contributed by atoms with Gasteiger partial charge < -0.3 is 19.4 Å². The van der Waals surface area contributed by atoms with Crippen molar-refractivity contribution in [1.29, 1.82) is 0 Å². The Morgan fingerprint density at radius 3 is 2.39 bits per heavy atom. The van der Waals surface area contributed by atoms with Crippen LogP contribution in [0.1, 0.15) is 43.6 Å². The third-order valence-electron chi connectivity index (χ3n) is 4.65. The number of nitrogens with one attached hydrogen (secondary N) is 1. The molecular weight excluding hydrogens is 293 g/mol. The van der Waals surface area contributed by atoms with Gasteiger partial charge in [-0.05, 0) is 46.1 Å². The third kappa shape index (κ3) is 3.60. The number of ether oxygens (including phenoxy) is 1. The second-order valence-corrected chi connectivity index (χ2v) is 6.87. The van der Waals surface area contributed by atoms with Gasteiger partial charge >= 0.3 is 7.12 Å². The molecule has 1 aromatic rings. The van der Waals surface area contributed by atoms with Crippen LogP contribution >= 0.6 is 0 Å². The first-order chi connectivity index (χ1) is 10.7. The quantitative estimate of drug-likeness (QED) is 0.663. The molecule has 0 aromatic heterocycles. The highest BCUT2D eigenvalue weighted by Crippen LogP contribution is 2.36. The summed E-state index contributed by atoms with van der Waals surface area (Å²) < 4.78 is 17.2. The van der Waals surface area contributed by atoms with Gasteiger partial charge in [0.05, 0.1) is 17.8 Å². The third-order valence-corrected chi connectivity index (χ3v) is 4.65. The maximum absolute atomic E-state index is 12.5. The summed E-state index contributed by atoms with van der Waals surface area (Å²) in [6, 6.07) is 5.64. The molecule has 1 heterocycles. The second kappa shape index (κ2) is 6.63. The van der Waals surface area contributed by atoms with Gasteiger partial charge in [-0.2, -0.15) is 0 Å². The zero-order chi connectivity index (χ0) is 17.3. The molecule has 0 atom stereocenters. The van der Waals surface area contributed by atoms with Crippen LogP contribution in [-0.2, 0) is 14.0 Å². The zero-order valence-corrected chi connectivity index (χ0v) is 14.9. The molecule has 1 fully saturated rings. The SMILES string of the molecule is COCCNC(=O)c1cccc(C)c1B1OC(C)(C)C(C)(C)O1. The van der Waals surface area contributed by atoms with E-state index in [1.54, 1.807) is 13.2 Å². The van der Waals surface area contributed by atoms with E-state index in [9.17, 15) is 4.79 Å². The minimum Gasteiger partial charge on any atom is -0.399 e. The zero-order valence-electron chi connectivity index (χ0n) is 14.9. The van der Waals surface area contributed by atoms with Crippen molar-refractivity contribution in [2.24, 2.45) is 0 Å². The molecule has 1 aromatic carbocycles. The molecule has 2 rings (SSSR count). The number of carbonyl (C=O) groups excluding carboxylic acids is 1. The summed E-state index contributed by atoms with van der Waals surface area (Å²) in [6.45, 7) is 10.9. The number of hydrogen-bond acceptors (Lipinski definition) is 4. The van der Waals surface area contributed by atoms with Crippen molar-refractivity contribution < 1.29 is 18.8 Å². The van der Waals surface area contributed by atoms with E-state index in [0.717, 1.165) is 11.0 Å². The van der Waals surface area contributed by atoms with E-state index in [1.165, 1.54) is 0 Å². The summed E-state index contributed by atoms with van der Waals surface area (Å²) in [6.07, 6.45) is 0. The van der Waals surface area contributed by atoms with Crippen molar-refractivity contribution in [2.75, 3.05) is 20.3 Å². The van der Waals surface area contributed by atoms with Gasteiger partial charge in [0.2, 0.25) is 0 Å². The Morgan fingerprint density at radius 2 is 1.83 bits per heavy atom. The summed E-state index contributed by atoms with van der Waals surface area (Å²) >= 11 is 0. The van der Waals surface area contributed by atoms with Crippen LogP contribution in [0.3, 0.4) is 0 Å². The van der Waals surface area contributed by atoms with Crippen LogP contribution in [0.25, 0.3) is 0 Å².